The molecule has 0 saturated carbocycles. The third kappa shape index (κ3) is 19.4. The molecule has 2 aromatic carbocycles. The van der Waals surface area contributed by atoms with E-state index in [1.165, 1.54) is 17.1 Å². The fraction of sp³-hybridized carbons (Fsp3) is 0.519. The number of aromatic nitrogens is 2. The number of unbranched alkanes of at least 4 members (excludes halogenated alkanes) is 3. The Morgan fingerprint density at radius 3 is 2.06 bits per heavy atom. The van der Waals surface area contributed by atoms with E-state index in [0.717, 1.165) is 28.7 Å². The van der Waals surface area contributed by atoms with Gasteiger partial charge in [0.1, 0.15) is 42.2 Å². The van der Waals surface area contributed by atoms with Gasteiger partial charge >= 0.3 is 12.0 Å². The number of imidazole rings is 1. The van der Waals surface area contributed by atoms with Crippen LogP contribution in [-0.4, -0.2) is 140 Å². The number of primary amides is 1. The van der Waals surface area contributed by atoms with E-state index in [2.05, 4.69) is 26.6 Å². The number of nitrogens with zero attached hydrogens (tertiary/aromatic N) is 4. The second-order valence-corrected chi connectivity index (χ2v) is 20.6. The number of imide groups is 1. The molecule has 0 bridgehead atoms. The van der Waals surface area contributed by atoms with Crippen LogP contribution in [0.1, 0.15) is 116 Å². The van der Waals surface area contributed by atoms with E-state index in [1.807, 2.05) is 51.1 Å². The van der Waals surface area contributed by atoms with Crippen molar-refractivity contribution in [2.24, 2.45) is 22.8 Å². The summed E-state index contributed by atoms with van der Waals surface area (Å²) in [5, 5.41) is 33.2. The molecule has 426 valence electrons. The van der Waals surface area contributed by atoms with Crippen molar-refractivity contribution in [3.05, 3.63) is 89.9 Å². The first kappa shape index (κ1) is 62.9. The average Bonchev–Trinajstić information content (AvgIpc) is 3.95. The first-order chi connectivity index (χ1) is 36.9. The van der Waals surface area contributed by atoms with Crippen molar-refractivity contribution in [3.63, 3.8) is 0 Å². The Bertz CT molecular complexity index is 2590. The number of hydrogen-bond acceptors (Lipinski definition) is 12. The summed E-state index contributed by atoms with van der Waals surface area (Å²) in [4.78, 5) is 122. The number of benzene rings is 2. The minimum absolute atomic E-state index is 0.0366. The van der Waals surface area contributed by atoms with Gasteiger partial charge in [-0.25, -0.2) is 23.4 Å². The van der Waals surface area contributed by atoms with Gasteiger partial charge in [-0.05, 0) is 86.5 Å². The number of carbonyl (C=O) groups excluding carboxylic acids is 8. The number of aliphatic hydroxyl groups excluding tert-OH is 1. The van der Waals surface area contributed by atoms with Crippen LogP contribution < -0.4 is 38.1 Å². The number of halogens is 2. The van der Waals surface area contributed by atoms with Crippen LogP contribution in [-0.2, 0) is 44.9 Å². The van der Waals surface area contributed by atoms with Gasteiger partial charge in [-0.2, -0.15) is 0 Å². The van der Waals surface area contributed by atoms with Crippen molar-refractivity contribution in [1.29, 1.82) is 0 Å². The Morgan fingerprint density at radius 2 is 1.44 bits per heavy atom. The quantitative estimate of drug-likeness (QED) is 0.0321. The summed E-state index contributed by atoms with van der Waals surface area (Å²) in [7, 11) is 0. The minimum Gasteiger partial charge on any atom is -0.480 e. The molecular formula is C54H75F2N11O11. The first-order valence-corrected chi connectivity index (χ1v) is 26.1. The fourth-order valence-corrected chi connectivity index (χ4v) is 8.83. The van der Waals surface area contributed by atoms with Gasteiger partial charge in [0, 0.05) is 63.1 Å². The summed E-state index contributed by atoms with van der Waals surface area (Å²) in [6.07, 6.45) is 5.80. The summed E-state index contributed by atoms with van der Waals surface area (Å²) >= 11 is 0. The number of urea groups is 1. The molecule has 11 N–H and O–H groups in total. The van der Waals surface area contributed by atoms with Gasteiger partial charge in [0.05, 0.1) is 17.8 Å². The molecule has 22 nitrogen and oxygen atoms in total. The molecule has 5 atom stereocenters. The Kier molecular flexibility index (Phi) is 24.5. The second kappa shape index (κ2) is 30.4. The van der Waals surface area contributed by atoms with Crippen molar-refractivity contribution in [1.82, 2.24) is 45.9 Å². The van der Waals surface area contributed by atoms with E-state index >= 15 is 4.39 Å². The SMILES string of the molecule is CC(C)[C@H](NC(=O)CCCCCN1C(=O)C=CC1=O)C(=O)N[C@@H](CCCNC(N)=O)C(=O)N[C@@H](CCCCNC(=O)[C@@H](N)CCN(C(=O)CO)[C@@H](c1nc(-c2cc(F)ccc2F)cn1Cc1ccccc1)C(C)(C)C)C(=O)O. The Morgan fingerprint density at radius 1 is 0.782 bits per heavy atom. The number of carboxylic acid groups (broad SMARTS) is 1. The Labute approximate surface area is 452 Å². The molecule has 2 heterocycles. The first-order valence-electron chi connectivity index (χ1n) is 26.1. The number of carbonyl (C=O) groups is 9. The number of nitrogens with two attached hydrogens (primary N) is 2. The van der Waals surface area contributed by atoms with Gasteiger partial charge in [-0.1, -0.05) is 71.4 Å². The fourth-order valence-electron chi connectivity index (χ4n) is 8.83. The third-order valence-electron chi connectivity index (χ3n) is 12.9. The Balaban J connectivity index is 1.35. The smallest absolute Gasteiger partial charge is 0.326 e. The van der Waals surface area contributed by atoms with Crippen LogP contribution in [0.25, 0.3) is 11.3 Å². The molecule has 3 aromatic rings. The average molecular weight is 1090 g/mol. The van der Waals surface area contributed by atoms with Crippen molar-refractivity contribution >= 4 is 53.4 Å². The lowest BCUT2D eigenvalue weighted by Gasteiger charge is -2.40. The summed E-state index contributed by atoms with van der Waals surface area (Å²) < 4.78 is 31.3. The van der Waals surface area contributed by atoms with E-state index in [9.17, 15) is 57.8 Å². The summed E-state index contributed by atoms with van der Waals surface area (Å²) in [6, 6.07) is 5.67. The van der Waals surface area contributed by atoms with E-state index < -0.39 is 113 Å². The molecule has 0 fully saturated rings. The third-order valence-corrected chi connectivity index (χ3v) is 12.9. The van der Waals surface area contributed by atoms with E-state index in [1.54, 1.807) is 24.6 Å². The standard InChI is InChI=1S/C54H75F2N11O11/c1-33(2)46(64-42(69)19-10-7-13-27-66-43(70)22-23-44(66)71)51(75)62-39(18-14-26-60-53(58)78)50(74)63-40(52(76)77)17-11-12-25-59-49(73)38(57)24-28-67(45(72)32-68)47(54(3,4)5)48-61-41(36-29-35(55)20-21-37(36)56)31-65(48)30-34-15-8-6-9-16-34/h6,8-9,15-16,20-23,29,31,33,38-40,46-47,68H,7,10-14,17-19,24-28,30,32,57H2,1-5H3,(H,59,73)(H,62,75)(H,63,74)(H,64,69)(H,76,77)(H3,58,60,78)/t38-,39-,40-,46-,47-/m0/s1. The molecule has 4 rings (SSSR count). The van der Waals surface area contributed by atoms with Crippen molar-refractivity contribution < 1.29 is 62.1 Å². The largest absolute Gasteiger partial charge is 0.480 e. The molecule has 1 aromatic heterocycles. The van der Waals surface area contributed by atoms with Gasteiger partial charge in [0.2, 0.25) is 29.5 Å². The molecular weight excluding hydrogens is 1020 g/mol. The summed E-state index contributed by atoms with van der Waals surface area (Å²) in [5.41, 5.74) is 11.6. The zero-order valence-corrected chi connectivity index (χ0v) is 44.9. The lowest BCUT2D eigenvalue weighted by molar-refractivity contribution is -0.142. The summed E-state index contributed by atoms with van der Waals surface area (Å²) in [6.45, 7) is 8.45. The molecule has 1 aliphatic heterocycles. The molecule has 0 saturated heterocycles. The van der Waals surface area contributed by atoms with Gasteiger partial charge in [0.25, 0.3) is 11.8 Å². The van der Waals surface area contributed by atoms with Crippen LogP contribution in [0, 0.1) is 23.0 Å². The molecule has 24 heteroatoms. The molecule has 1 aliphatic rings. The van der Waals surface area contributed by atoms with Crippen LogP contribution in [0.3, 0.4) is 0 Å². The number of amides is 9. The maximum Gasteiger partial charge on any atom is 0.326 e. The number of hydrogen-bond donors (Lipinski definition) is 9. The lowest BCUT2D eigenvalue weighted by atomic mass is 9.84. The number of carboxylic acids is 1. The number of nitrogens with one attached hydrogen (secondary N) is 5. The number of rotatable bonds is 32. The highest BCUT2D eigenvalue weighted by Gasteiger charge is 2.39. The zero-order chi connectivity index (χ0) is 57.7. The van der Waals surface area contributed by atoms with Crippen molar-refractivity contribution in [3.8, 4) is 11.3 Å². The molecule has 78 heavy (non-hydrogen) atoms. The van der Waals surface area contributed by atoms with E-state index in [0.29, 0.717) is 25.1 Å². The maximum absolute atomic E-state index is 15.1. The van der Waals surface area contributed by atoms with Crippen LogP contribution in [0.15, 0.2) is 66.9 Å². The zero-order valence-electron chi connectivity index (χ0n) is 44.9. The van der Waals surface area contributed by atoms with Crippen molar-refractivity contribution in [2.75, 3.05) is 32.8 Å². The van der Waals surface area contributed by atoms with Crippen LogP contribution in [0.5, 0.6) is 0 Å². The molecule has 0 spiro atoms. The van der Waals surface area contributed by atoms with Crippen LogP contribution in [0.2, 0.25) is 0 Å². The highest BCUT2D eigenvalue weighted by molar-refractivity contribution is 6.12. The topological polar surface area (TPSA) is 331 Å². The molecule has 0 unspecified atom stereocenters. The van der Waals surface area contributed by atoms with Crippen LogP contribution >= 0.6 is 0 Å². The summed E-state index contributed by atoms with van der Waals surface area (Å²) in [5.74, 6) is -6.93. The monoisotopic (exact) mass is 1090 g/mol. The van der Waals surface area contributed by atoms with Crippen molar-refractivity contribution in [2.45, 2.75) is 136 Å². The molecule has 0 aliphatic carbocycles. The molecule has 0 radical (unpaired) electrons. The predicted molar refractivity (Wildman–Crippen MR) is 283 cm³/mol. The van der Waals surface area contributed by atoms with Gasteiger partial charge in [0.15, 0.2) is 0 Å². The van der Waals surface area contributed by atoms with Gasteiger partial charge in [-0.3, -0.25) is 38.5 Å². The van der Waals surface area contributed by atoms with Gasteiger partial charge in [-0.15, -0.1) is 0 Å². The minimum atomic E-state index is -1.42. The number of aliphatic carboxylic acids is 1. The van der Waals surface area contributed by atoms with E-state index in [4.69, 9.17) is 16.5 Å². The highest BCUT2D eigenvalue weighted by Crippen LogP contribution is 2.39. The molecule has 9 amide bonds. The number of aliphatic hydroxyl groups is 1. The van der Waals surface area contributed by atoms with Gasteiger partial charge < -0.3 is 57.7 Å². The van der Waals surface area contributed by atoms with E-state index in [-0.39, 0.29) is 88.9 Å². The Hall–Kier alpha value is -7.60. The maximum atomic E-state index is 15.1. The normalized spacial score (nSPS) is 14.3. The predicted octanol–water partition coefficient (Wildman–Crippen LogP) is 2.92. The second-order valence-electron chi connectivity index (χ2n) is 20.6. The highest BCUT2D eigenvalue weighted by atomic mass is 19.1. The lowest BCUT2D eigenvalue weighted by Crippen LogP contribution is -2.57. The van der Waals surface area contributed by atoms with Crippen LogP contribution in [0.4, 0.5) is 13.6 Å².